The molecule has 0 radical (unpaired) electrons. The molecule has 0 unspecified atom stereocenters. The summed E-state index contributed by atoms with van der Waals surface area (Å²) in [6.07, 6.45) is -0.0675. The van der Waals surface area contributed by atoms with E-state index in [-0.39, 0.29) is 22.6 Å². The Morgan fingerprint density at radius 1 is 1.45 bits per heavy atom. The number of rotatable bonds is 6. The molecular weight excluding hydrogens is 438 g/mol. The summed E-state index contributed by atoms with van der Waals surface area (Å²) in [6, 6.07) is -1.78. The minimum absolute atomic E-state index is 0.0573. The van der Waals surface area contributed by atoms with Crippen molar-refractivity contribution in [2.24, 2.45) is 5.16 Å². The number of amides is 2. The highest BCUT2D eigenvalue weighted by Crippen LogP contribution is 2.50. The van der Waals surface area contributed by atoms with E-state index in [1.54, 1.807) is 31.0 Å². The van der Waals surface area contributed by atoms with Gasteiger partial charge in [-0.3, -0.25) is 9.59 Å². The van der Waals surface area contributed by atoms with Crippen LogP contribution in [-0.4, -0.2) is 78.3 Å². The van der Waals surface area contributed by atoms with Gasteiger partial charge in [0.2, 0.25) is 5.91 Å². The van der Waals surface area contributed by atoms with Gasteiger partial charge in [0, 0.05) is 21.6 Å². The Bertz CT molecular complexity index is 899. The van der Waals surface area contributed by atoms with E-state index in [0.29, 0.717) is 0 Å². The van der Waals surface area contributed by atoms with Crippen LogP contribution >= 0.6 is 34.9 Å². The van der Waals surface area contributed by atoms with E-state index in [0.717, 1.165) is 22.8 Å². The van der Waals surface area contributed by atoms with Gasteiger partial charge in [-0.1, -0.05) is 5.16 Å². The van der Waals surface area contributed by atoms with Crippen LogP contribution in [0.15, 0.2) is 10.5 Å². The summed E-state index contributed by atoms with van der Waals surface area (Å²) in [5, 5.41) is 17.6. The standard InChI is InChI=1S/C16H19N5O5S3/c1-16(2)10(14(24)25)21-12(23)9(13(21)29-16)19-11(22)8(7-5-28-15(17)18-7)20-26-6-3-27-4-6/h5-6,9-10,13H,3-4H2,1-2H3,(H2,17,18)(H,19,22)(H,24,25)/b20-8-/t9-,10-,13+/m0/s1. The maximum Gasteiger partial charge on any atom is 0.327 e. The van der Waals surface area contributed by atoms with Gasteiger partial charge in [-0.05, 0) is 13.8 Å². The molecule has 0 bridgehead atoms. The van der Waals surface area contributed by atoms with Crippen molar-refractivity contribution >= 4 is 63.5 Å². The van der Waals surface area contributed by atoms with Crippen LogP contribution in [0.2, 0.25) is 0 Å². The zero-order valence-corrected chi connectivity index (χ0v) is 18.0. The van der Waals surface area contributed by atoms with Crippen LogP contribution in [0.3, 0.4) is 0 Å². The highest BCUT2D eigenvalue weighted by atomic mass is 32.2. The van der Waals surface area contributed by atoms with Crippen LogP contribution < -0.4 is 11.1 Å². The number of nitrogens with two attached hydrogens (primary N) is 1. The molecule has 4 rings (SSSR count). The molecule has 3 aliphatic heterocycles. The number of hydrogen-bond acceptors (Lipinski definition) is 10. The van der Waals surface area contributed by atoms with Crippen LogP contribution in [0.25, 0.3) is 0 Å². The fraction of sp³-hybridized carbons (Fsp3) is 0.562. The number of nitrogens with one attached hydrogen (secondary N) is 1. The predicted octanol–water partition coefficient (Wildman–Crippen LogP) is 0.193. The molecule has 10 nitrogen and oxygen atoms in total. The number of carboxylic acids is 1. The number of nitrogen functional groups attached to an aromatic ring is 1. The lowest BCUT2D eigenvalue weighted by Gasteiger charge is -2.43. The third-order valence-corrected chi connectivity index (χ3v) is 8.30. The first kappa shape index (κ1) is 20.3. The van der Waals surface area contributed by atoms with Crippen molar-refractivity contribution in [3.8, 4) is 0 Å². The number of thioether (sulfide) groups is 2. The number of aromatic nitrogens is 1. The highest BCUT2D eigenvalue weighted by molar-refractivity contribution is 8.01. The average Bonchev–Trinajstić information content (AvgIpc) is 3.13. The lowest BCUT2D eigenvalue weighted by molar-refractivity contribution is -0.160. The number of nitrogens with zero attached hydrogens (tertiary/aromatic N) is 3. The lowest BCUT2D eigenvalue weighted by atomic mass is 9.96. The van der Waals surface area contributed by atoms with Crippen LogP contribution in [0, 0.1) is 0 Å². The molecule has 0 saturated carbocycles. The first-order valence-corrected chi connectivity index (χ1v) is 11.7. The number of fused-ring (bicyclic) bond motifs is 1. The Kier molecular flexibility index (Phi) is 5.15. The molecule has 4 heterocycles. The molecule has 0 spiro atoms. The minimum atomic E-state index is -1.06. The Labute approximate surface area is 178 Å². The maximum atomic E-state index is 12.9. The third-order valence-electron chi connectivity index (χ3n) is 4.84. The smallest absolute Gasteiger partial charge is 0.327 e. The maximum absolute atomic E-state index is 12.9. The van der Waals surface area contributed by atoms with E-state index >= 15 is 0 Å². The minimum Gasteiger partial charge on any atom is -0.480 e. The summed E-state index contributed by atoms with van der Waals surface area (Å²) in [6.45, 7) is 3.55. The van der Waals surface area contributed by atoms with Crippen LogP contribution in [0.5, 0.6) is 0 Å². The molecule has 29 heavy (non-hydrogen) atoms. The fourth-order valence-corrected chi connectivity index (χ4v) is 6.08. The number of hydrogen-bond donors (Lipinski definition) is 3. The highest BCUT2D eigenvalue weighted by Gasteiger charge is 2.64. The van der Waals surface area contributed by atoms with Gasteiger partial charge < -0.3 is 25.9 Å². The Morgan fingerprint density at radius 2 is 2.17 bits per heavy atom. The number of thiazole rings is 1. The summed E-state index contributed by atoms with van der Waals surface area (Å²) >= 11 is 4.23. The van der Waals surface area contributed by atoms with Crippen molar-refractivity contribution < 1.29 is 24.3 Å². The second-order valence-corrected chi connectivity index (χ2v) is 11.1. The molecule has 4 N–H and O–H groups in total. The first-order chi connectivity index (χ1) is 13.7. The zero-order valence-electron chi connectivity index (χ0n) is 15.5. The van der Waals surface area contributed by atoms with Gasteiger partial charge >= 0.3 is 5.97 Å². The molecule has 1 aromatic heterocycles. The van der Waals surface area contributed by atoms with E-state index in [4.69, 9.17) is 10.6 Å². The van der Waals surface area contributed by atoms with Crippen LogP contribution in [0.1, 0.15) is 19.5 Å². The van der Waals surface area contributed by atoms with E-state index in [9.17, 15) is 19.5 Å². The predicted molar refractivity (Wildman–Crippen MR) is 111 cm³/mol. The largest absolute Gasteiger partial charge is 0.480 e. The molecule has 2 amide bonds. The molecule has 3 aliphatic rings. The second kappa shape index (κ2) is 7.36. The molecule has 3 saturated heterocycles. The molecule has 156 valence electrons. The van der Waals surface area contributed by atoms with Gasteiger partial charge in [0.05, 0.1) is 0 Å². The topological polar surface area (TPSA) is 147 Å². The van der Waals surface area contributed by atoms with Crippen molar-refractivity contribution in [3.63, 3.8) is 0 Å². The van der Waals surface area contributed by atoms with E-state index in [1.807, 2.05) is 0 Å². The van der Waals surface area contributed by atoms with Crippen molar-refractivity contribution in [2.75, 3.05) is 17.2 Å². The molecule has 3 fully saturated rings. The normalized spacial score (nSPS) is 28.3. The summed E-state index contributed by atoms with van der Waals surface area (Å²) < 4.78 is -0.670. The SMILES string of the molecule is CC1(C)S[C@@H]2[C@@H](NC(=O)/C(=N\OC3CSC3)c3csc(N)n3)C(=O)N2[C@H]1C(=O)O. The van der Waals surface area contributed by atoms with Gasteiger partial charge in [-0.25, -0.2) is 9.78 Å². The van der Waals surface area contributed by atoms with Gasteiger partial charge in [0.15, 0.2) is 10.8 Å². The van der Waals surface area contributed by atoms with Crippen molar-refractivity contribution in [2.45, 2.75) is 42.2 Å². The number of anilines is 1. The van der Waals surface area contributed by atoms with Gasteiger partial charge in [-0.15, -0.1) is 23.1 Å². The number of aliphatic carboxylic acids is 1. The molecule has 1 aromatic rings. The summed E-state index contributed by atoms with van der Waals surface area (Å²) in [5.74, 6) is -0.523. The van der Waals surface area contributed by atoms with Crippen LogP contribution in [0.4, 0.5) is 5.13 Å². The van der Waals surface area contributed by atoms with Crippen LogP contribution in [-0.2, 0) is 19.2 Å². The zero-order chi connectivity index (χ0) is 20.9. The van der Waals surface area contributed by atoms with E-state index < -0.39 is 40.0 Å². The van der Waals surface area contributed by atoms with Gasteiger partial charge in [-0.2, -0.15) is 11.8 Å². The molecule has 0 aliphatic carbocycles. The second-order valence-electron chi connectivity index (χ2n) is 7.33. The molecule has 3 atom stereocenters. The summed E-state index contributed by atoms with van der Waals surface area (Å²) in [4.78, 5) is 47.9. The third kappa shape index (κ3) is 3.55. The van der Waals surface area contributed by atoms with Gasteiger partial charge in [0.1, 0.15) is 29.3 Å². The molecule has 0 aromatic carbocycles. The van der Waals surface area contributed by atoms with E-state index in [2.05, 4.69) is 15.5 Å². The lowest BCUT2D eigenvalue weighted by Crippen LogP contribution is -2.71. The number of carbonyl (C=O) groups is 3. The Balaban J connectivity index is 1.51. The number of β-lactam (4-membered cyclic amide) rings is 1. The quantitative estimate of drug-likeness (QED) is 0.309. The molecular formula is C16H19N5O5S3. The molecule has 13 heteroatoms. The number of oxime groups is 1. The first-order valence-electron chi connectivity index (χ1n) is 8.75. The monoisotopic (exact) mass is 457 g/mol. The summed E-state index contributed by atoms with van der Waals surface area (Å²) in [7, 11) is 0. The summed E-state index contributed by atoms with van der Waals surface area (Å²) in [5.41, 5.74) is 5.88. The number of carboxylic acid groups (broad SMARTS) is 1. The Hall–Kier alpha value is -1.99. The van der Waals surface area contributed by atoms with Crippen molar-refractivity contribution in [1.82, 2.24) is 15.2 Å². The van der Waals surface area contributed by atoms with Crippen molar-refractivity contribution in [3.05, 3.63) is 11.1 Å². The Morgan fingerprint density at radius 3 is 2.72 bits per heavy atom. The van der Waals surface area contributed by atoms with Gasteiger partial charge in [0.25, 0.3) is 5.91 Å². The van der Waals surface area contributed by atoms with E-state index in [1.165, 1.54) is 16.7 Å². The number of carbonyl (C=O) groups excluding carboxylic acids is 2. The fourth-order valence-electron chi connectivity index (χ4n) is 3.36. The average molecular weight is 458 g/mol. The van der Waals surface area contributed by atoms with Crippen molar-refractivity contribution in [1.29, 1.82) is 0 Å².